The zero-order valence-electron chi connectivity index (χ0n) is 19.9. The predicted molar refractivity (Wildman–Crippen MR) is 120 cm³/mol. The van der Waals surface area contributed by atoms with Gasteiger partial charge in [0.15, 0.2) is 11.5 Å². The molecule has 0 bridgehead atoms. The average Bonchev–Trinajstić information content (AvgIpc) is 3.13. The molecule has 0 aliphatic carbocycles. The summed E-state index contributed by atoms with van der Waals surface area (Å²) in [5.41, 5.74) is 1.14. The molecular weight excluding hydrogens is 396 g/mol. The summed E-state index contributed by atoms with van der Waals surface area (Å²) in [6.07, 6.45) is 1.75. The molecule has 2 rings (SSSR count). The number of aliphatic hydroxyl groups excluding tert-OH is 1. The molecule has 1 aliphatic rings. The molecule has 1 heterocycles. The lowest BCUT2D eigenvalue weighted by Gasteiger charge is -2.26. The van der Waals surface area contributed by atoms with Gasteiger partial charge >= 0.3 is 5.97 Å². The summed E-state index contributed by atoms with van der Waals surface area (Å²) in [5, 5.41) is 10.8. The Morgan fingerprint density at radius 1 is 1.13 bits per heavy atom. The standard InChI is InChI=1S/C25H40O6/c1-16(2)19(14-21(26)23-15-20(17(3)4)25(27)31-23)12-18-8-9-22(29-6)24(13-18)30-11-7-10-28-5/h8-9,13,16-17,19-21,23,26H,7,10-12,14-15H2,1-6H3/t19-,20?,21+,23-/m0/s1. The zero-order valence-corrected chi connectivity index (χ0v) is 19.9. The van der Waals surface area contributed by atoms with Gasteiger partial charge in [0.1, 0.15) is 6.10 Å². The van der Waals surface area contributed by atoms with E-state index in [2.05, 4.69) is 13.8 Å². The number of aliphatic hydroxyl groups is 1. The van der Waals surface area contributed by atoms with E-state index in [-0.39, 0.29) is 23.7 Å². The van der Waals surface area contributed by atoms with Gasteiger partial charge in [-0.15, -0.1) is 0 Å². The van der Waals surface area contributed by atoms with Gasteiger partial charge in [0, 0.05) is 26.6 Å². The summed E-state index contributed by atoms with van der Waals surface area (Å²) in [5.74, 6) is 2.00. The number of carbonyl (C=O) groups excluding carboxylic acids is 1. The van der Waals surface area contributed by atoms with E-state index < -0.39 is 12.2 Å². The first-order valence-corrected chi connectivity index (χ1v) is 11.4. The van der Waals surface area contributed by atoms with Crippen LogP contribution in [-0.2, 0) is 20.7 Å². The van der Waals surface area contributed by atoms with Crippen LogP contribution in [0.25, 0.3) is 0 Å². The number of benzene rings is 1. The van der Waals surface area contributed by atoms with Crippen molar-refractivity contribution in [2.24, 2.45) is 23.7 Å². The van der Waals surface area contributed by atoms with E-state index in [0.717, 1.165) is 24.2 Å². The molecule has 1 aromatic rings. The SMILES string of the molecule is COCCCOc1cc(C[C@@H](C[C@@H](O)[C@@H]2CC(C(C)C)C(=O)O2)C(C)C)ccc1OC. The summed E-state index contributed by atoms with van der Waals surface area (Å²) >= 11 is 0. The number of esters is 1. The number of hydrogen-bond donors (Lipinski definition) is 1. The van der Waals surface area contributed by atoms with Crippen LogP contribution in [-0.4, -0.2) is 50.7 Å². The number of ether oxygens (including phenoxy) is 4. The Bertz CT molecular complexity index is 687. The zero-order chi connectivity index (χ0) is 23.0. The van der Waals surface area contributed by atoms with Gasteiger partial charge < -0.3 is 24.1 Å². The molecule has 0 spiro atoms. The van der Waals surface area contributed by atoms with Crippen LogP contribution in [0.4, 0.5) is 0 Å². The molecule has 1 aliphatic heterocycles. The maximum absolute atomic E-state index is 12.1. The van der Waals surface area contributed by atoms with Crippen molar-refractivity contribution in [1.82, 2.24) is 0 Å². The molecule has 1 unspecified atom stereocenters. The Labute approximate surface area is 187 Å². The summed E-state index contributed by atoms with van der Waals surface area (Å²) in [7, 11) is 3.31. The predicted octanol–water partition coefficient (Wildman–Crippen LogP) is 4.26. The molecule has 0 saturated carbocycles. The maximum Gasteiger partial charge on any atom is 0.309 e. The molecule has 1 saturated heterocycles. The smallest absolute Gasteiger partial charge is 0.309 e. The third kappa shape index (κ3) is 7.39. The van der Waals surface area contributed by atoms with Crippen LogP contribution < -0.4 is 9.47 Å². The van der Waals surface area contributed by atoms with Gasteiger partial charge in [0.05, 0.1) is 25.7 Å². The lowest BCUT2D eigenvalue weighted by Crippen LogP contribution is -2.30. The Morgan fingerprint density at radius 2 is 1.87 bits per heavy atom. The van der Waals surface area contributed by atoms with E-state index in [1.54, 1.807) is 14.2 Å². The highest BCUT2D eigenvalue weighted by Gasteiger charge is 2.40. The Hall–Kier alpha value is -1.79. The number of carbonyl (C=O) groups is 1. The highest BCUT2D eigenvalue weighted by atomic mass is 16.6. The van der Waals surface area contributed by atoms with E-state index in [4.69, 9.17) is 18.9 Å². The first kappa shape index (κ1) is 25.5. The number of hydrogen-bond acceptors (Lipinski definition) is 6. The molecule has 1 aromatic carbocycles. The van der Waals surface area contributed by atoms with Gasteiger partial charge in [-0.2, -0.15) is 0 Å². The first-order chi connectivity index (χ1) is 14.8. The number of methoxy groups -OCH3 is 2. The summed E-state index contributed by atoms with van der Waals surface area (Å²) in [6.45, 7) is 9.59. The molecule has 0 amide bonds. The van der Waals surface area contributed by atoms with Gasteiger partial charge in [-0.3, -0.25) is 4.79 Å². The molecule has 176 valence electrons. The minimum atomic E-state index is -0.650. The van der Waals surface area contributed by atoms with Gasteiger partial charge in [-0.25, -0.2) is 0 Å². The summed E-state index contributed by atoms with van der Waals surface area (Å²) in [4.78, 5) is 12.1. The molecule has 0 radical (unpaired) electrons. The van der Waals surface area contributed by atoms with Crippen molar-refractivity contribution in [3.05, 3.63) is 23.8 Å². The fourth-order valence-corrected chi connectivity index (χ4v) is 4.11. The van der Waals surface area contributed by atoms with Gasteiger partial charge in [0.25, 0.3) is 0 Å². The van der Waals surface area contributed by atoms with Crippen LogP contribution in [0, 0.1) is 23.7 Å². The Balaban J connectivity index is 2.03. The fraction of sp³-hybridized carbons (Fsp3) is 0.720. The van der Waals surface area contributed by atoms with Crippen LogP contribution in [0.15, 0.2) is 18.2 Å². The van der Waals surface area contributed by atoms with E-state index >= 15 is 0 Å². The van der Waals surface area contributed by atoms with E-state index in [1.807, 2.05) is 32.0 Å². The lowest BCUT2D eigenvalue weighted by molar-refractivity contribution is -0.149. The summed E-state index contributed by atoms with van der Waals surface area (Å²) in [6, 6.07) is 6.01. The lowest BCUT2D eigenvalue weighted by atomic mass is 9.82. The van der Waals surface area contributed by atoms with E-state index in [9.17, 15) is 9.90 Å². The van der Waals surface area contributed by atoms with Crippen molar-refractivity contribution in [3.8, 4) is 11.5 Å². The highest BCUT2D eigenvalue weighted by Crippen LogP contribution is 2.34. The monoisotopic (exact) mass is 436 g/mol. The second kappa shape index (κ2) is 12.3. The maximum atomic E-state index is 12.1. The molecule has 0 aromatic heterocycles. The molecule has 1 fully saturated rings. The quantitative estimate of drug-likeness (QED) is 0.368. The molecule has 4 atom stereocenters. The van der Waals surface area contributed by atoms with Crippen LogP contribution in [0.2, 0.25) is 0 Å². The topological polar surface area (TPSA) is 74.2 Å². The van der Waals surface area contributed by atoms with Crippen molar-refractivity contribution >= 4 is 5.97 Å². The van der Waals surface area contributed by atoms with E-state index in [0.29, 0.717) is 37.7 Å². The number of cyclic esters (lactones) is 1. The molecular formula is C25H40O6. The third-order valence-corrected chi connectivity index (χ3v) is 6.25. The fourth-order valence-electron chi connectivity index (χ4n) is 4.11. The minimum absolute atomic E-state index is 0.114. The van der Waals surface area contributed by atoms with Gasteiger partial charge in [0.2, 0.25) is 0 Å². The largest absolute Gasteiger partial charge is 0.493 e. The third-order valence-electron chi connectivity index (χ3n) is 6.25. The second-order valence-corrected chi connectivity index (χ2v) is 9.25. The van der Waals surface area contributed by atoms with Crippen LogP contribution in [0.1, 0.15) is 52.5 Å². The normalized spacial score (nSPS) is 20.7. The molecule has 1 N–H and O–H groups in total. The summed E-state index contributed by atoms with van der Waals surface area (Å²) < 4.78 is 21.9. The van der Waals surface area contributed by atoms with Crippen molar-refractivity contribution in [1.29, 1.82) is 0 Å². The molecule has 6 heteroatoms. The van der Waals surface area contributed by atoms with Crippen molar-refractivity contribution in [2.75, 3.05) is 27.4 Å². The van der Waals surface area contributed by atoms with Crippen LogP contribution in [0.5, 0.6) is 11.5 Å². The Kier molecular flexibility index (Phi) is 10.1. The highest BCUT2D eigenvalue weighted by molar-refractivity contribution is 5.75. The first-order valence-electron chi connectivity index (χ1n) is 11.4. The van der Waals surface area contributed by atoms with Crippen LogP contribution >= 0.6 is 0 Å². The van der Waals surface area contributed by atoms with Crippen LogP contribution in [0.3, 0.4) is 0 Å². The molecule has 6 nitrogen and oxygen atoms in total. The minimum Gasteiger partial charge on any atom is -0.493 e. The van der Waals surface area contributed by atoms with Gasteiger partial charge in [-0.05, 0) is 48.3 Å². The second-order valence-electron chi connectivity index (χ2n) is 9.25. The van der Waals surface area contributed by atoms with Crippen molar-refractivity contribution < 1.29 is 28.8 Å². The number of rotatable bonds is 13. The van der Waals surface area contributed by atoms with E-state index in [1.165, 1.54) is 0 Å². The van der Waals surface area contributed by atoms with Gasteiger partial charge in [-0.1, -0.05) is 33.8 Å². The van der Waals surface area contributed by atoms with Crippen molar-refractivity contribution in [3.63, 3.8) is 0 Å². The molecule has 31 heavy (non-hydrogen) atoms. The average molecular weight is 437 g/mol. The van der Waals surface area contributed by atoms with Crippen molar-refractivity contribution in [2.45, 2.75) is 65.6 Å². The Morgan fingerprint density at radius 3 is 2.45 bits per heavy atom.